The average molecular weight is 227 g/mol. The van der Waals surface area contributed by atoms with Crippen molar-refractivity contribution in [2.75, 3.05) is 0 Å². The molecule has 0 atom stereocenters. The molecule has 16 heavy (non-hydrogen) atoms. The number of rotatable bonds is 3. The third-order valence-electron chi connectivity index (χ3n) is 2.29. The molecule has 0 aliphatic carbocycles. The molecule has 2 aromatic carbocycles. The zero-order chi connectivity index (χ0) is 11.4. The first kappa shape index (κ1) is 11.0. The highest BCUT2D eigenvalue weighted by Gasteiger charge is 2.06. The van der Waals surface area contributed by atoms with Crippen LogP contribution in [0.1, 0.15) is 15.9 Å². The van der Waals surface area contributed by atoms with Crippen LogP contribution >= 0.6 is 8.58 Å². The van der Waals surface area contributed by atoms with Crippen molar-refractivity contribution in [2.45, 2.75) is 6.92 Å². The molecule has 0 N–H and O–H groups in total. The molecule has 0 spiro atoms. The Kier molecular flexibility index (Phi) is 3.48. The molecular formula is C14H12OP. The minimum Gasteiger partial charge on any atom is -0.288 e. The van der Waals surface area contributed by atoms with Crippen LogP contribution in [0.4, 0.5) is 0 Å². The monoisotopic (exact) mass is 227 g/mol. The fourth-order valence-electron chi connectivity index (χ4n) is 1.38. The quantitative estimate of drug-likeness (QED) is 0.734. The van der Waals surface area contributed by atoms with E-state index in [0.717, 1.165) is 19.4 Å². The van der Waals surface area contributed by atoms with Gasteiger partial charge in [-0.05, 0) is 12.2 Å². The lowest BCUT2D eigenvalue weighted by Gasteiger charge is -2.00. The van der Waals surface area contributed by atoms with Crippen molar-refractivity contribution in [3.63, 3.8) is 0 Å². The van der Waals surface area contributed by atoms with Gasteiger partial charge in [-0.3, -0.25) is 4.79 Å². The van der Waals surface area contributed by atoms with Crippen LogP contribution in [0.15, 0.2) is 54.6 Å². The molecule has 0 amide bonds. The van der Waals surface area contributed by atoms with E-state index in [1.165, 1.54) is 5.56 Å². The van der Waals surface area contributed by atoms with Gasteiger partial charge in [-0.25, -0.2) is 0 Å². The molecule has 0 aliphatic rings. The standard InChI is InChI=1S/C14H12OP/c1-11-7-9-12(10-8-11)14(15)16-13-5-3-2-4-6-13/h2-10H,1H3. The first-order valence-electron chi connectivity index (χ1n) is 5.13. The first-order chi connectivity index (χ1) is 7.75. The molecule has 0 bridgehead atoms. The highest BCUT2D eigenvalue weighted by atomic mass is 31.1. The normalized spacial score (nSPS) is 10.8. The molecule has 0 aliphatic heterocycles. The zero-order valence-electron chi connectivity index (χ0n) is 9.05. The van der Waals surface area contributed by atoms with E-state index in [1.807, 2.05) is 61.5 Å². The summed E-state index contributed by atoms with van der Waals surface area (Å²) in [4.78, 5) is 11.9. The number of hydrogen-bond acceptors (Lipinski definition) is 1. The summed E-state index contributed by atoms with van der Waals surface area (Å²) in [6.45, 7) is 2.02. The van der Waals surface area contributed by atoms with Gasteiger partial charge in [-0.15, -0.1) is 0 Å². The SMILES string of the molecule is Cc1ccc(C(=O)[P]c2ccccc2)cc1. The molecule has 1 nitrogen and oxygen atoms in total. The number of aryl methyl sites for hydroxylation is 1. The lowest BCUT2D eigenvalue weighted by Crippen LogP contribution is -1.99. The van der Waals surface area contributed by atoms with Gasteiger partial charge in [-0.2, -0.15) is 0 Å². The van der Waals surface area contributed by atoms with Crippen LogP contribution in [0.5, 0.6) is 0 Å². The van der Waals surface area contributed by atoms with Crippen molar-refractivity contribution >= 4 is 19.4 Å². The number of carbonyl (C=O) groups excluding carboxylic acids is 1. The lowest BCUT2D eigenvalue weighted by atomic mass is 10.2. The van der Waals surface area contributed by atoms with Crippen LogP contribution in [-0.2, 0) is 0 Å². The van der Waals surface area contributed by atoms with Gasteiger partial charge < -0.3 is 0 Å². The minimum absolute atomic E-state index is 0.145. The van der Waals surface area contributed by atoms with Crippen LogP contribution in [-0.4, -0.2) is 5.52 Å². The summed E-state index contributed by atoms with van der Waals surface area (Å²) >= 11 is 0. The Morgan fingerprint density at radius 2 is 1.56 bits per heavy atom. The van der Waals surface area contributed by atoms with Gasteiger partial charge in [0.1, 0.15) is 0 Å². The van der Waals surface area contributed by atoms with Crippen molar-refractivity contribution in [2.24, 2.45) is 0 Å². The largest absolute Gasteiger partial charge is 0.288 e. The molecule has 0 heterocycles. The Balaban J connectivity index is 2.12. The van der Waals surface area contributed by atoms with Gasteiger partial charge >= 0.3 is 0 Å². The molecule has 2 heteroatoms. The number of benzene rings is 2. The molecular weight excluding hydrogens is 215 g/mol. The van der Waals surface area contributed by atoms with Gasteiger partial charge in [0.25, 0.3) is 0 Å². The van der Waals surface area contributed by atoms with Crippen molar-refractivity contribution in [3.05, 3.63) is 65.7 Å². The Morgan fingerprint density at radius 1 is 0.938 bits per heavy atom. The van der Waals surface area contributed by atoms with E-state index in [1.54, 1.807) is 0 Å². The van der Waals surface area contributed by atoms with E-state index < -0.39 is 0 Å². The van der Waals surface area contributed by atoms with E-state index >= 15 is 0 Å². The average Bonchev–Trinajstić information content (AvgIpc) is 2.31. The molecule has 0 aromatic heterocycles. The molecule has 0 unspecified atom stereocenters. The molecule has 2 aromatic rings. The topological polar surface area (TPSA) is 17.1 Å². The molecule has 0 fully saturated rings. The van der Waals surface area contributed by atoms with Crippen LogP contribution < -0.4 is 5.30 Å². The van der Waals surface area contributed by atoms with Gasteiger partial charge in [0.05, 0.1) is 0 Å². The Hall–Kier alpha value is -1.46. The van der Waals surface area contributed by atoms with Gasteiger partial charge in [-0.1, -0.05) is 60.2 Å². The van der Waals surface area contributed by atoms with E-state index in [0.29, 0.717) is 0 Å². The second-order valence-corrected chi connectivity index (χ2v) is 4.76. The van der Waals surface area contributed by atoms with Gasteiger partial charge in [0, 0.05) is 14.1 Å². The van der Waals surface area contributed by atoms with Crippen LogP contribution in [0.25, 0.3) is 0 Å². The smallest absolute Gasteiger partial charge is 0.193 e. The summed E-state index contributed by atoms with van der Waals surface area (Å²) in [5.41, 5.74) is 2.09. The van der Waals surface area contributed by atoms with Crippen molar-refractivity contribution in [3.8, 4) is 0 Å². The maximum Gasteiger partial charge on any atom is 0.193 e. The van der Waals surface area contributed by atoms with Crippen molar-refractivity contribution in [1.82, 2.24) is 0 Å². The van der Waals surface area contributed by atoms with E-state index in [4.69, 9.17) is 0 Å². The van der Waals surface area contributed by atoms with Crippen molar-refractivity contribution in [1.29, 1.82) is 0 Å². The zero-order valence-corrected chi connectivity index (χ0v) is 9.95. The fraction of sp³-hybridized carbons (Fsp3) is 0.0714. The second kappa shape index (κ2) is 5.05. The van der Waals surface area contributed by atoms with Gasteiger partial charge in [0.2, 0.25) is 0 Å². The third kappa shape index (κ3) is 2.77. The van der Waals surface area contributed by atoms with Gasteiger partial charge in [0.15, 0.2) is 5.52 Å². The second-order valence-electron chi connectivity index (χ2n) is 3.62. The van der Waals surface area contributed by atoms with Crippen LogP contribution in [0.2, 0.25) is 0 Å². The predicted molar refractivity (Wildman–Crippen MR) is 68.5 cm³/mol. The van der Waals surface area contributed by atoms with E-state index in [-0.39, 0.29) is 5.52 Å². The van der Waals surface area contributed by atoms with Crippen molar-refractivity contribution < 1.29 is 4.79 Å². The van der Waals surface area contributed by atoms with E-state index in [9.17, 15) is 4.79 Å². The Morgan fingerprint density at radius 3 is 2.19 bits per heavy atom. The predicted octanol–water partition coefficient (Wildman–Crippen LogP) is 3.41. The summed E-state index contributed by atoms with van der Waals surface area (Å²) in [5, 5.41) is 1.04. The van der Waals surface area contributed by atoms with Crippen LogP contribution in [0, 0.1) is 6.92 Å². The molecule has 79 valence electrons. The molecule has 0 saturated carbocycles. The number of carbonyl (C=O) groups is 1. The highest BCUT2D eigenvalue weighted by molar-refractivity contribution is 7.66. The summed E-state index contributed by atoms with van der Waals surface area (Å²) < 4.78 is 0. The maximum atomic E-state index is 11.9. The molecule has 1 radical (unpaired) electrons. The highest BCUT2D eigenvalue weighted by Crippen LogP contribution is 2.18. The van der Waals surface area contributed by atoms with E-state index in [2.05, 4.69) is 0 Å². The first-order valence-corrected chi connectivity index (χ1v) is 6.03. The molecule has 0 saturated heterocycles. The Labute approximate surface area is 97.3 Å². The summed E-state index contributed by atoms with van der Waals surface area (Å²) in [6.07, 6.45) is 0. The molecule has 2 rings (SSSR count). The summed E-state index contributed by atoms with van der Waals surface area (Å²) in [5.74, 6) is 0. The third-order valence-corrected chi connectivity index (χ3v) is 3.30. The fourth-order valence-corrected chi connectivity index (χ4v) is 2.21. The lowest BCUT2D eigenvalue weighted by molar-refractivity contribution is 0.108. The van der Waals surface area contributed by atoms with Crippen LogP contribution in [0.3, 0.4) is 0 Å². The summed E-state index contributed by atoms with van der Waals surface area (Å²) in [6, 6.07) is 17.5. The maximum absolute atomic E-state index is 11.9. The Bertz CT molecular complexity index is 474. The summed E-state index contributed by atoms with van der Waals surface area (Å²) in [7, 11) is 0.739. The number of hydrogen-bond donors (Lipinski definition) is 0. The minimum atomic E-state index is 0.145.